The Morgan fingerprint density at radius 3 is 1.88 bits per heavy atom. The summed E-state index contributed by atoms with van der Waals surface area (Å²) in [6, 6.07) is 0. The van der Waals surface area contributed by atoms with Crippen molar-refractivity contribution in [1.82, 2.24) is 0 Å². The summed E-state index contributed by atoms with van der Waals surface area (Å²) in [5, 5.41) is 0. The van der Waals surface area contributed by atoms with E-state index in [2.05, 4.69) is 6.92 Å². The lowest BCUT2D eigenvalue weighted by molar-refractivity contribution is -0.142. The molecule has 0 spiro atoms. The van der Waals surface area contributed by atoms with Crippen molar-refractivity contribution in [1.29, 1.82) is 0 Å². The average molecular weight is 303 g/mol. The first-order valence-corrected chi connectivity index (χ1v) is 7.15. The van der Waals surface area contributed by atoms with Gasteiger partial charge in [-0.15, -0.1) is 0 Å². The van der Waals surface area contributed by atoms with Gasteiger partial charge >= 0.3 is 5.97 Å². The molecule has 0 heterocycles. The summed E-state index contributed by atoms with van der Waals surface area (Å²) in [6.07, 6.45) is 8.98. The number of hydrogen-bond donors (Lipinski definition) is 0. The molecular formula is C12H20Cl3O2. The molecule has 0 amide bonds. The molecule has 0 aliphatic heterocycles. The molecule has 0 aliphatic carbocycles. The fraction of sp³-hybridized carbons (Fsp3) is 0.833. The maximum absolute atomic E-state index is 11.0. The van der Waals surface area contributed by atoms with Gasteiger partial charge in [0.25, 0.3) is 3.79 Å². The zero-order valence-electron chi connectivity index (χ0n) is 10.0. The van der Waals surface area contributed by atoms with Gasteiger partial charge in [0.15, 0.2) is 0 Å². The molecule has 0 saturated carbocycles. The number of esters is 1. The van der Waals surface area contributed by atoms with Crippen LogP contribution in [0.3, 0.4) is 0 Å². The van der Waals surface area contributed by atoms with Crippen LogP contribution in [0.2, 0.25) is 0 Å². The molecule has 0 N–H and O–H groups in total. The zero-order valence-corrected chi connectivity index (χ0v) is 12.3. The number of alkyl halides is 3. The van der Waals surface area contributed by atoms with Crippen molar-refractivity contribution in [3.8, 4) is 0 Å². The monoisotopic (exact) mass is 301 g/mol. The molecule has 101 valence electrons. The number of carbonyl (C=O) groups excluding carboxylic acids is 1. The standard InChI is InChI=1S/C12H20Cl3O2/c1-2-3-4-5-6-7-8-9-10-17-11(16)12(13,14)15/h1-10H2. The summed E-state index contributed by atoms with van der Waals surface area (Å²) in [5.41, 5.74) is 0. The number of ether oxygens (including phenoxy) is 1. The van der Waals surface area contributed by atoms with Crippen molar-refractivity contribution < 1.29 is 9.53 Å². The number of hydrogen-bond acceptors (Lipinski definition) is 2. The zero-order chi connectivity index (χ0) is 13.1. The maximum Gasteiger partial charge on any atom is 0.358 e. The Morgan fingerprint density at radius 1 is 0.941 bits per heavy atom. The van der Waals surface area contributed by atoms with E-state index < -0.39 is 9.76 Å². The van der Waals surface area contributed by atoms with Crippen LogP contribution in [-0.2, 0) is 9.53 Å². The highest BCUT2D eigenvalue weighted by Crippen LogP contribution is 2.27. The highest BCUT2D eigenvalue weighted by Gasteiger charge is 2.32. The molecule has 1 radical (unpaired) electrons. The molecular weight excluding hydrogens is 282 g/mol. The number of rotatable bonds is 9. The molecule has 0 fully saturated rings. The van der Waals surface area contributed by atoms with E-state index in [9.17, 15) is 4.79 Å². The molecule has 0 unspecified atom stereocenters. The van der Waals surface area contributed by atoms with E-state index >= 15 is 0 Å². The molecule has 2 nitrogen and oxygen atoms in total. The first-order valence-electron chi connectivity index (χ1n) is 6.01. The van der Waals surface area contributed by atoms with Gasteiger partial charge < -0.3 is 4.74 Å². The first kappa shape index (κ1) is 17.3. The fourth-order valence-electron chi connectivity index (χ4n) is 1.41. The predicted octanol–water partition coefficient (Wildman–Crippen LogP) is 4.85. The Balaban J connectivity index is 3.22. The van der Waals surface area contributed by atoms with E-state index in [0.29, 0.717) is 6.61 Å². The highest BCUT2D eigenvalue weighted by molar-refractivity contribution is 6.75. The normalized spacial score (nSPS) is 11.5. The average Bonchev–Trinajstić information content (AvgIpc) is 2.25. The molecule has 0 aromatic rings. The largest absolute Gasteiger partial charge is 0.463 e. The molecule has 5 heteroatoms. The molecule has 0 aliphatic rings. The van der Waals surface area contributed by atoms with Gasteiger partial charge in [-0.25, -0.2) is 4.79 Å². The first-order chi connectivity index (χ1) is 7.98. The number of unbranched alkanes of at least 4 members (excludes halogenated alkanes) is 7. The summed E-state index contributed by atoms with van der Waals surface area (Å²) < 4.78 is 2.86. The second kappa shape index (κ2) is 10.3. The summed E-state index contributed by atoms with van der Waals surface area (Å²) in [7, 11) is 0. The van der Waals surface area contributed by atoms with E-state index in [4.69, 9.17) is 39.5 Å². The minimum atomic E-state index is -1.95. The smallest absolute Gasteiger partial charge is 0.358 e. The maximum atomic E-state index is 11.0. The summed E-state index contributed by atoms with van der Waals surface area (Å²) in [5.74, 6) is -0.794. The van der Waals surface area contributed by atoms with E-state index in [1.807, 2.05) is 0 Å². The third-order valence-corrected chi connectivity index (χ3v) is 2.82. The van der Waals surface area contributed by atoms with Gasteiger partial charge in [-0.3, -0.25) is 0 Å². The summed E-state index contributed by atoms with van der Waals surface area (Å²) >= 11 is 16.0. The van der Waals surface area contributed by atoms with Crippen molar-refractivity contribution in [2.45, 2.75) is 55.2 Å². The Hall–Kier alpha value is 0.340. The van der Waals surface area contributed by atoms with Crippen LogP contribution in [0.25, 0.3) is 0 Å². The molecule has 0 aromatic carbocycles. The van der Waals surface area contributed by atoms with Gasteiger partial charge in [-0.1, -0.05) is 86.7 Å². The van der Waals surface area contributed by atoms with Crippen molar-refractivity contribution in [3.63, 3.8) is 0 Å². The van der Waals surface area contributed by atoms with E-state index in [1.165, 1.54) is 25.7 Å². The third kappa shape index (κ3) is 11.2. The quantitative estimate of drug-likeness (QED) is 0.345. The molecule has 0 saturated heterocycles. The molecule has 0 atom stereocenters. The predicted molar refractivity (Wildman–Crippen MR) is 73.5 cm³/mol. The fourth-order valence-corrected chi connectivity index (χ4v) is 1.57. The molecule has 17 heavy (non-hydrogen) atoms. The van der Waals surface area contributed by atoms with Gasteiger partial charge in [-0.2, -0.15) is 0 Å². The minimum absolute atomic E-state index is 0.325. The second-order valence-electron chi connectivity index (χ2n) is 3.96. The Labute approximate surface area is 119 Å². The topological polar surface area (TPSA) is 26.3 Å². The summed E-state index contributed by atoms with van der Waals surface area (Å²) in [4.78, 5) is 11.0. The molecule has 0 rings (SSSR count). The van der Waals surface area contributed by atoms with Crippen LogP contribution in [0, 0.1) is 6.92 Å². The Morgan fingerprint density at radius 2 is 1.41 bits per heavy atom. The van der Waals surface area contributed by atoms with Crippen molar-refractivity contribution in [2.75, 3.05) is 6.61 Å². The molecule has 0 aromatic heterocycles. The lowest BCUT2D eigenvalue weighted by Gasteiger charge is -2.10. The van der Waals surface area contributed by atoms with E-state index in [1.54, 1.807) is 0 Å². The van der Waals surface area contributed by atoms with Crippen molar-refractivity contribution >= 4 is 40.8 Å². The highest BCUT2D eigenvalue weighted by atomic mass is 35.6. The van der Waals surface area contributed by atoms with Crippen LogP contribution in [0.15, 0.2) is 0 Å². The SMILES string of the molecule is [CH2]CCCCCCCCCOC(=O)C(Cl)(Cl)Cl. The molecule has 0 bridgehead atoms. The van der Waals surface area contributed by atoms with Gasteiger partial charge in [0.05, 0.1) is 6.61 Å². The van der Waals surface area contributed by atoms with Gasteiger partial charge in [0.2, 0.25) is 0 Å². The lowest BCUT2D eigenvalue weighted by Crippen LogP contribution is -2.22. The number of halogens is 3. The van der Waals surface area contributed by atoms with Crippen LogP contribution >= 0.6 is 34.8 Å². The summed E-state index contributed by atoms with van der Waals surface area (Å²) in [6.45, 7) is 4.12. The second-order valence-corrected chi connectivity index (χ2v) is 6.24. The van der Waals surface area contributed by atoms with Crippen molar-refractivity contribution in [2.24, 2.45) is 0 Å². The van der Waals surface area contributed by atoms with Crippen LogP contribution in [0.4, 0.5) is 0 Å². The van der Waals surface area contributed by atoms with E-state index in [-0.39, 0.29) is 0 Å². The van der Waals surface area contributed by atoms with Gasteiger partial charge in [0.1, 0.15) is 0 Å². The Bertz CT molecular complexity index is 202. The van der Waals surface area contributed by atoms with Gasteiger partial charge in [0, 0.05) is 0 Å². The van der Waals surface area contributed by atoms with Crippen LogP contribution in [0.1, 0.15) is 51.4 Å². The Kier molecular flexibility index (Phi) is 10.5. The third-order valence-electron chi connectivity index (χ3n) is 2.36. The van der Waals surface area contributed by atoms with Crippen LogP contribution in [-0.4, -0.2) is 16.4 Å². The van der Waals surface area contributed by atoms with Crippen molar-refractivity contribution in [3.05, 3.63) is 6.92 Å². The van der Waals surface area contributed by atoms with E-state index in [0.717, 1.165) is 25.7 Å². The van der Waals surface area contributed by atoms with Gasteiger partial charge in [-0.05, 0) is 6.42 Å². The minimum Gasteiger partial charge on any atom is -0.463 e. The van der Waals surface area contributed by atoms with Crippen LogP contribution < -0.4 is 0 Å². The van der Waals surface area contributed by atoms with Crippen LogP contribution in [0.5, 0.6) is 0 Å². The lowest BCUT2D eigenvalue weighted by atomic mass is 10.1. The number of carbonyl (C=O) groups is 1.